The van der Waals surface area contributed by atoms with Gasteiger partial charge in [0.2, 0.25) is 0 Å². The predicted molar refractivity (Wildman–Crippen MR) is 149 cm³/mol. The van der Waals surface area contributed by atoms with Gasteiger partial charge in [-0.05, 0) is 56.2 Å². The zero-order valence-electron chi connectivity index (χ0n) is 22.5. The topological polar surface area (TPSA) is 119 Å². The summed E-state index contributed by atoms with van der Waals surface area (Å²) >= 11 is 6.14. The number of anilines is 2. The highest BCUT2D eigenvalue weighted by molar-refractivity contribution is 7.92. The largest absolute Gasteiger partial charge is 0.490 e. The molecule has 1 fully saturated rings. The standard InChI is InChI=1S/C24H33ClN4O3S.C2HF3O2/c1-4-6-13-28(5-2)24(30)21-16-19(8-10-23(21)29-14-11-26-12-15-29)27-33(31,32)20-9-7-18(3)22(25)17-20;3-2(4,5)1(6)7/h7-10,16-17,26-27H,4-6,11-15H2,1-3H3;(H,6,7). The van der Waals surface area contributed by atoms with Crippen LogP contribution in [0.4, 0.5) is 24.5 Å². The molecule has 3 N–H and O–H groups in total. The van der Waals surface area contributed by atoms with Crippen molar-refractivity contribution in [3.8, 4) is 0 Å². The van der Waals surface area contributed by atoms with Gasteiger partial charge in [0.05, 0.1) is 10.5 Å². The van der Waals surface area contributed by atoms with Gasteiger partial charge in [0.15, 0.2) is 0 Å². The molecule has 0 unspecified atom stereocenters. The van der Waals surface area contributed by atoms with E-state index in [1.807, 2.05) is 24.8 Å². The number of alkyl halides is 3. The van der Waals surface area contributed by atoms with Crippen LogP contribution in [0.2, 0.25) is 5.02 Å². The average molecular weight is 607 g/mol. The van der Waals surface area contributed by atoms with Gasteiger partial charge in [0, 0.05) is 55.7 Å². The first kappa shape index (κ1) is 33.2. The number of piperazine rings is 1. The van der Waals surface area contributed by atoms with Gasteiger partial charge in [0.25, 0.3) is 15.9 Å². The highest BCUT2D eigenvalue weighted by Gasteiger charge is 2.38. The number of hydrogen-bond donors (Lipinski definition) is 3. The molecule has 0 atom stereocenters. The van der Waals surface area contributed by atoms with Crippen LogP contribution in [0.5, 0.6) is 0 Å². The Kier molecular flexibility index (Phi) is 12.1. The van der Waals surface area contributed by atoms with Crippen molar-refractivity contribution in [3.05, 3.63) is 52.5 Å². The molecule has 1 aliphatic rings. The van der Waals surface area contributed by atoms with Gasteiger partial charge in [-0.15, -0.1) is 0 Å². The summed E-state index contributed by atoms with van der Waals surface area (Å²) in [7, 11) is -3.86. The first-order valence-electron chi connectivity index (χ1n) is 12.7. The van der Waals surface area contributed by atoms with Crippen molar-refractivity contribution < 1.29 is 36.3 Å². The molecule has 40 heavy (non-hydrogen) atoms. The number of nitrogens with zero attached hydrogens (tertiary/aromatic N) is 2. The van der Waals surface area contributed by atoms with Crippen LogP contribution in [0.25, 0.3) is 0 Å². The molecule has 9 nitrogen and oxygen atoms in total. The van der Waals surface area contributed by atoms with E-state index in [4.69, 9.17) is 21.5 Å². The summed E-state index contributed by atoms with van der Waals surface area (Å²) in [6.07, 6.45) is -3.17. The number of unbranched alkanes of at least 4 members (excludes halogenated alkanes) is 1. The Bertz CT molecular complexity index is 1290. The minimum absolute atomic E-state index is 0.0790. The number of carboxylic acids is 1. The summed E-state index contributed by atoms with van der Waals surface area (Å²) in [4.78, 5) is 26.5. The number of hydrogen-bond acceptors (Lipinski definition) is 6. The maximum absolute atomic E-state index is 13.5. The van der Waals surface area contributed by atoms with E-state index in [1.165, 1.54) is 12.1 Å². The van der Waals surface area contributed by atoms with Crippen LogP contribution in [-0.2, 0) is 14.8 Å². The van der Waals surface area contributed by atoms with Gasteiger partial charge in [-0.1, -0.05) is 31.0 Å². The second-order valence-corrected chi connectivity index (χ2v) is 11.1. The van der Waals surface area contributed by atoms with Crippen LogP contribution in [0.1, 0.15) is 42.6 Å². The first-order valence-corrected chi connectivity index (χ1v) is 14.6. The summed E-state index contributed by atoms with van der Waals surface area (Å²) in [5.74, 6) is -2.84. The Morgan fingerprint density at radius 3 is 2.27 bits per heavy atom. The summed E-state index contributed by atoms with van der Waals surface area (Å²) in [6, 6.07) is 9.84. The number of rotatable bonds is 9. The number of aliphatic carboxylic acids is 1. The Hall–Kier alpha value is -3.03. The van der Waals surface area contributed by atoms with E-state index in [0.717, 1.165) is 50.3 Å². The first-order chi connectivity index (χ1) is 18.7. The number of nitrogens with one attached hydrogen (secondary N) is 2. The summed E-state index contributed by atoms with van der Waals surface area (Å²) in [5, 5.41) is 10.8. The quantitative estimate of drug-likeness (QED) is 0.377. The molecule has 2 aromatic rings. The molecule has 0 saturated carbocycles. The van der Waals surface area contributed by atoms with Crippen LogP contribution in [0.3, 0.4) is 0 Å². The van der Waals surface area contributed by atoms with Crippen molar-refractivity contribution in [1.82, 2.24) is 10.2 Å². The second kappa shape index (κ2) is 14.6. The normalized spacial score (nSPS) is 13.7. The molecule has 0 bridgehead atoms. The molecule has 0 aromatic heterocycles. The molecule has 1 aliphatic heterocycles. The molecular formula is C26H34ClF3N4O5S. The average Bonchev–Trinajstić information content (AvgIpc) is 2.90. The van der Waals surface area contributed by atoms with Gasteiger partial charge in [-0.25, -0.2) is 13.2 Å². The van der Waals surface area contributed by atoms with Crippen LogP contribution in [0, 0.1) is 6.92 Å². The fraction of sp³-hybridized carbons (Fsp3) is 0.462. The Balaban J connectivity index is 0.000000708. The van der Waals surface area contributed by atoms with Crippen molar-refractivity contribution in [2.75, 3.05) is 48.9 Å². The molecule has 2 aromatic carbocycles. The van der Waals surface area contributed by atoms with Gasteiger partial charge >= 0.3 is 12.1 Å². The lowest BCUT2D eigenvalue weighted by Gasteiger charge is -2.32. The number of carboxylic acid groups (broad SMARTS) is 1. The van der Waals surface area contributed by atoms with E-state index in [2.05, 4.69) is 21.9 Å². The molecule has 1 saturated heterocycles. The third-order valence-electron chi connectivity index (χ3n) is 6.08. The number of carbonyl (C=O) groups is 2. The van der Waals surface area contributed by atoms with Crippen LogP contribution >= 0.6 is 11.6 Å². The van der Waals surface area contributed by atoms with Gasteiger partial charge in [-0.3, -0.25) is 9.52 Å². The van der Waals surface area contributed by atoms with Crippen molar-refractivity contribution in [2.24, 2.45) is 0 Å². The Morgan fingerprint density at radius 1 is 1.12 bits per heavy atom. The SMILES string of the molecule is CCCCN(CC)C(=O)c1cc(NS(=O)(=O)c2ccc(C)c(Cl)c2)ccc1N1CCNCC1.O=C(O)C(F)(F)F. The predicted octanol–water partition coefficient (Wildman–Crippen LogP) is 4.75. The Morgan fingerprint density at radius 2 is 1.75 bits per heavy atom. The zero-order chi connectivity index (χ0) is 30.1. The molecule has 14 heteroatoms. The van der Waals surface area contributed by atoms with Crippen molar-refractivity contribution >= 4 is 44.9 Å². The number of halogens is 4. The van der Waals surface area contributed by atoms with E-state index >= 15 is 0 Å². The summed E-state index contributed by atoms with van der Waals surface area (Å²) in [5.41, 5.74) is 2.49. The smallest absolute Gasteiger partial charge is 0.475 e. The third-order valence-corrected chi connectivity index (χ3v) is 7.87. The molecule has 0 aliphatic carbocycles. The van der Waals surface area contributed by atoms with Gasteiger partial charge in [-0.2, -0.15) is 13.2 Å². The summed E-state index contributed by atoms with van der Waals surface area (Å²) in [6.45, 7) is 10.4. The minimum atomic E-state index is -5.08. The molecule has 3 rings (SSSR count). The van der Waals surface area contributed by atoms with Crippen molar-refractivity contribution in [2.45, 2.75) is 44.7 Å². The number of sulfonamides is 1. The van der Waals surface area contributed by atoms with E-state index in [1.54, 1.807) is 18.2 Å². The number of amides is 1. The van der Waals surface area contributed by atoms with Crippen LogP contribution in [-0.4, -0.2) is 75.7 Å². The maximum Gasteiger partial charge on any atom is 0.490 e. The van der Waals surface area contributed by atoms with E-state index in [-0.39, 0.29) is 10.8 Å². The van der Waals surface area contributed by atoms with Crippen LogP contribution in [0.15, 0.2) is 41.3 Å². The van der Waals surface area contributed by atoms with Crippen LogP contribution < -0.4 is 14.9 Å². The zero-order valence-corrected chi connectivity index (χ0v) is 24.1. The second-order valence-electron chi connectivity index (χ2n) is 9.03. The Labute approximate surface area is 237 Å². The third kappa shape index (κ3) is 9.27. The fourth-order valence-electron chi connectivity index (χ4n) is 3.83. The van der Waals surface area contributed by atoms with Gasteiger partial charge in [0.1, 0.15) is 0 Å². The highest BCUT2D eigenvalue weighted by atomic mass is 35.5. The fourth-order valence-corrected chi connectivity index (χ4v) is 5.15. The van der Waals surface area contributed by atoms with Crippen molar-refractivity contribution in [3.63, 3.8) is 0 Å². The van der Waals surface area contributed by atoms with Gasteiger partial charge < -0.3 is 20.2 Å². The van der Waals surface area contributed by atoms with E-state index in [0.29, 0.717) is 29.4 Å². The lowest BCUT2D eigenvalue weighted by atomic mass is 10.1. The lowest BCUT2D eigenvalue weighted by molar-refractivity contribution is -0.192. The van der Waals surface area contributed by atoms with E-state index in [9.17, 15) is 26.4 Å². The molecule has 1 heterocycles. The maximum atomic E-state index is 13.5. The van der Waals surface area contributed by atoms with E-state index < -0.39 is 22.2 Å². The summed E-state index contributed by atoms with van der Waals surface area (Å²) < 4.78 is 60.3. The minimum Gasteiger partial charge on any atom is -0.475 e. The molecule has 0 spiro atoms. The number of aryl methyl sites for hydroxylation is 1. The molecular weight excluding hydrogens is 573 g/mol. The monoisotopic (exact) mass is 606 g/mol. The number of carbonyl (C=O) groups excluding carboxylic acids is 1. The molecule has 0 radical (unpaired) electrons. The van der Waals surface area contributed by atoms with Crippen molar-refractivity contribution in [1.29, 1.82) is 0 Å². The highest BCUT2D eigenvalue weighted by Crippen LogP contribution is 2.29. The molecule has 222 valence electrons. The lowest BCUT2D eigenvalue weighted by Crippen LogP contribution is -2.44. The number of benzene rings is 2. The molecule has 1 amide bonds.